The van der Waals surface area contributed by atoms with Crippen LogP contribution in [0.25, 0.3) is 0 Å². The number of carbonyl (C=O) groups is 1. The quantitative estimate of drug-likeness (QED) is 0.802. The minimum atomic E-state index is -0.407. The maximum absolute atomic E-state index is 10.8. The van der Waals surface area contributed by atoms with Crippen LogP contribution in [0.15, 0.2) is 24.3 Å². The van der Waals surface area contributed by atoms with Crippen molar-refractivity contribution in [3.63, 3.8) is 0 Å². The molecule has 0 spiro atoms. The zero-order valence-electron chi connectivity index (χ0n) is 9.77. The Hall–Kier alpha value is -1.35. The van der Waals surface area contributed by atoms with E-state index in [9.17, 15) is 4.79 Å². The van der Waals surface area contributed by atoms with E-state index in [1.54, 1.807) is 0 Å². The lowest BCUT2D eigenvalue weighted by Crippen LogP contribution is -2.09. The summed E-state index contributed by atoms with van der Waals surface area (Å²) in [6.07, 6.45) is 0.252. The van der Waals surface area contributed by atoms with Gasteiger partial charge in [-0.05, 0) is 23.6 Å². The summed E-state index contributed by atoms with van der Waals surface area (Å²) in [6, 6.07) is 7.85. The van der Waals surface area contributed by atoms with Gasteiger partial charge in [-0.3, -0.25) is 4.79 Å². The number of rotatable bonds is 6. The van der Waals surface area contributed by atoms with E-state index in [-0.39, 0.29) is 12.2 Å². The SMILES string of the molecule is CC(C)c1cccc(OCCC(=O)CO)c1. The summed E-state index contributed by atoms with van der Waals surface area (Å²) in [5, 5.41) is 8.54. The fraction of sp³-hybridized carbons (Fsp3) is 0.462. The molecule has 0 unspecified atom stereocenters. The van der Waals surface area contributed by atoms with Gasteiger partial charge in [-0.25, -0.2) is 0 Å². The molecule has 0 radical (unpaired) electrons. The fourth-order valence-corrected chi connectivity index (χ4v) is 1.33. The molecule has 0 aliphatic heterocycles. The maximum Gasteiger partial charge on any atom is 0.161 e. The molecule has 16 heavy (non-hydrogen) atoms. The van der Waals surface area contributed by atoms with Crippen molar-refractivity contribution in [2.24, 2.45) is 0 Å². The van der Waals surface area contributed by atoms with Gasteiger partial charge in [0.2, 0.25) is 0 Å². The number of benzene rings is 1. The Balaban J connectivity index is 2.48. The van der Waals surface area contributed by atoms with Gasteiger partial charge in [-0.1, -0.05) is 26.0 Å². The number of ether oxygens (including phenoxy) is 1. The Morgan fingerprint density at radius 1 is 1.44 bits per heavy atom. The topological polar surface area (TPSA) is 46.5 Å². The summed E-state index contributed by atoms with van der Waals surface area (Å²) in [4.78, 5) is 10.8. The van der Waals surface area contributed by atoms with Crippen LogP contribution in [-0.4, -0.2) is 24.1 Å². The van der Waals surface area contributed by atoms with Crippen LogP contribution in [0, 0.1) is 0 Å². The molecule has 88 valence electrons. The number of aliphatic hydroxyl groups excluding tert-OH is 1. The van der Waals surface area contributed by atoms with Gasteiger partial charge in [0, 0.05) is 6.42 Å². The summed E-state index contributed by atoms with van der Waals surface area (Å²) in [7, 11) is 0. The Morgan fingerprint density at radius 3 is 2.81 bits per heavy atom. The van der Waals surface area contributed by atoms with E-state index < -0.39 is 6.61 Å². The van der Waals surface area contributed by atoms with Gasteiger partial charge in [-0.15, -0.1) is 0 Å². The molecule has 0 saturated carbocycles. The molecule has 0 aliphatic carbocycles. The molecule has 0 fully saturated rings. The number of carbonyl (C=O) groups excluding carboxylic acids is 1. The van der Waals surface area contributed by atoms with Gasteiger partial charge < -0.3 is 9.84 Å². The van der Waals surface area contributed by atoms with E-state index in [2.05, 4.69) is 19.9 Å². The minimum absolute atomic E-state index is 0.194. The van der Waals surface area contributed by atoms with E-state index in [4.69, 9.17) is 9.84 Å². The van der Waals surface area contributed by atoms with E-state index in [0.717, 1.165) is 5.75 Å². The molecule has 0 aliphatic rings. The largest absolute Gasteiger partial charge is 0.493 e. The third-order valence-corrected chi connectivity index (χ3v) is 2.35. The number of hydrogen-bond acceptors (Lipinski definition) is 3. The molecule has 0 heterocycles. The lowest BCUT2D eigenvalue weighted by Gasteiger charge is -2.09. The molecule has 1 aromatic carbocycles. The van der Waals surface area contributed by atoms with Gasteiger partial charge >= 0.3 is 0 Å². The fourth-order valence-electron chi connectivity index (χ4n) is 1.33. The molecule has 1 rings (SSSR count). The van der Waals surface area contributed by atoms with Crippen molar-refractivity contribution in [1.82, 2.24) is 0 Å². The predicted octanol–water partition coefficient (Wildman–Crippen LogP) is 2.14. The standard InChI is InChI=1S/C13H18O3/c1-10(2)11-4-3-5-13(8-11)16-7-6-12(15)9-14/h3-5,8,10,14H,6-7,9H2,1-2H3. The zero-order valence-corrected chi connectivity index (χ0v) is 9.77. The summed E-state index contributed by atoms with van der Waals surface area (Å²) in [5.74, 6) is 1.04. The Bertz CT molecular complexity index is 345. The first kappa shape index (κ1) is 12.7. The molecule has 0 atom stereocenters. The summed E-state index contributed by atoms with van der Waals surface area (Å²) in [5.41, 5.74) is 1.21. The minimum Gasteiger partial charge on any atom is -0.493 e. The maximum atomic E-state index is 10.8. The Morgan fingerprint density at radius 2 is 2.19 bits per heavy atom. The van der Waals surface area contributed by atoms with Crippen LogP contribution in [0.5, 0.6) is 5.75 Å². The summed E-state index contributed by atoms with van der Waals surface area (Å²) in [6.45, 7) is 4.15. The zero-order chi connectivity index (χ0) is 12.0. The molecule has 3 heteroatoms. The van der Waals surface area contributed by atoms with Crippen molar-refractivity contribution in [2.75, 3.05) is 13.2 Å². The Labute approximate surface area is 96.1 Å². The van der Waals surface area contributed by atoms with Gasteiger partial charge in [0.1, 0.15) is 12.4 Å². The normalized spacial score (nSPS) is 10.5. The first-order valence-corrected chi connectivity index (χ1v) is 5.49. The first-order chi connectivity index (χ1) is 7.63. The van der Waals surface area contributed by atoms with Crippen LogP contribution in [0.3, 0.4) is 0 Å². The van der Waals surface area contributed by atoms with Crippen LogP contribution in [-0.2, 0) is 4.79 Å². The van der Waals surface area contributed by atoms with Crippen molar-refractivity contribution in [2.45, 2.75) is 26.2 Å². The third kappa shape index (κ3) is 4.03. The molecule has 1 aromatic rings. The molecule has 1 N–H and O–H groups in total. The average molecular weight is 222 g/mol. The predicted molar refractivity (Wildman–Crippen MR) is 62.7 cm³/mol. The van der Waals surface area contributed by atoms with Crippen LogP contribution in [0.2, 0.25) is 0 Å². The highest BCUT2D eigenvalue weighted by Gasteiger charge is 2.02. The Kier molecular flexibility index (Phi) is 4.99. The van der Waals surface area contributed by atoms with E-state index >= 15 is 0 Å². The molecule has 0 saturated heterocycles. The summed E-state index contributed by atoms with van der Waals surface area (Å²) < 4.78 is 5.44. The van der Waals surface area contributed by atoms with Crippen LogP contribution >= 0.6 is 0 Å². The highest BCUT2D eigenvalue weighted by atomic mass is 16.5. The van der Waals surface area contributed by atoms with E-state index in [0.29, 0.717) is 12.5 Å². The second-order valence-corrected chi connectivity index (χ2v) is 4.02. The van der Waals surface area contributed by atoms with E-state index in [1.807, 2.05) is 18.2 Å². The molecule has 0 bridgehead atoms. The van der Waals surface area contributed by atoms with Crippen LogP contribution in [0.1, 0.15) is 31.7 Å². The number of hydrogen-bond donors (Lipinski definition) is 1. The van der Waals surface area contributed by atoms with Gasteiger partial charge in [-0.2, -0.15) is 0 Å². The number of ketones is 1. The second kappa shape index (κ2) is 6.28. The molecule has 0 aromatic heterocycles. The van der Waals surface area contributed by atoms with Crippen molar-refractivity contribution in [3.05, 3.63) is 29.8 Å². The van der Waals surface area contributed by atoms with Gasteiger partial charge in [0.15, 0.2) is 5.78 Å². The molecule has 0 amide bonds. The van der Waals surface area contributed by atoms with Crippen LogP contribution in [0.4, 0.5) is 0 Å². The molecular weight excluding hydrogens is 204 g/mol. The molecular formula is C13H18O3. The number of aliphatic hydroxyl groups is 1. The van der Waals surface area contributed by atoms with Crippen molar-refractivity contribution in [1.29, 1.82) is 0 Å². The first-order valence-electron chi connectivity index (χ1n) is 5.49. The van der Waals surface area contributed by atoms with Gasteiger partial charge in [0.25, 0.3) is 0 Å². The molecule has 3 nitrogen and oxygen atoms in total. The lowest BCUT2D eigenvalue weighted by molar-refractivity contribution is -0.122. The highest BCUT2D eigenvalue weighted by Crippen LogP contribution is 2.20. The third-order valence-electron chi connectivity index (χ3n) is 2.35. The second-order valence-electron chi connectivity index (χ2n) is 4.02. The van der Waals surface area contributed by atoms with Crippen molar-refractivity contribution < 1.29 is 14.6 Å². The average Bonchev–Trinajstić information content (AvgIpc) is 2.29. The van der Waals surface area contributed by atoms with E-state index in [1.165, 1.54) is 5.56 Å². The lowest BCUT2D eigenvalue weighted by atomic mass is 10.0. The number of Topliss-reactive ketones (excluding diaryl/α,β-unsaturated/α-hetero) is 1. The van der Waals surface area contributed by atoms with Crippen molar-refractivity contribution in [3.8, 4) is 5.75 Å². The van der Waals surface area contributed by atoms with Crippen LogP contribution < -0.4 is 4.74 Å². The summed E-state index contributed by atoms with van der Waals surface area (Å²) >= 11 is 0. The van der Waals surface area contributed by atoms with Crippen molar-refractivity contribution >= 4 is 5.78 Å². The van der Waals surface area contributed by atoms with Gasteiger partial charge in [0.05, 0.1) is 6.61 Å². The monoisotopic (exact) mass is 222 g/mol. The smallest absolute Gasteiger partial charge is 0.161 e. The highest BCUT2D eigenvalue weighted by molar-refractivity contribution is 5.79.